The Balaban J connectivity index is 1.42. The van der Waals surface area contributed by atoms with Crippen molar-refractivity contribution in [3.05, 3.63) is 59.2 Å². The molecule has 0 spiro atoms. The van der Waals surface area contributed by atoms with E-state index < -0.39 is 0 Å². The van der Waals surface area contributed by atoms with Crippen LogP contribution in [0.1, 0.15) is 46.8 Å². The van der Waals surface area contributed by atoms with Crippen LogP contribution in [0.3, 0.4) is 0 Å². The molecular formula is C27H37N3O4. The summed E-state index contributed by atoms with van der Waals surface area (Å²) in [5, 5.41) is 3.16. The van der Waals surface area contributed by atoms with Gasteiger partial charge in [0, 0.05) is 31.7 Å². The molecule has 2 aliphatic rings. The Kier molecular flexibility index (Phi) is 8.79. The number of hydrogen-bond acceptors (Lipinski definition) is 6. The van der Waals surface area contributed by atoms with Gasteiger partial charge < -0.3 is 19.5 Å². The van der Waals surface area contributed by atoms with Gasteiger partial charge in [-0.05, 0) is 61.3 Å². The summed E-state index contributed by atoms with van der Waals surface area (Å²) in [5.74, 6) is 1.33. The van der Waals surface area contributed by atoms with Gasteiger partial charge in [-0.15, -0.1) is 0 Å². The van der Waals surface area contributed by atoms with Crippen LogP contribution in [-0.2, 0) is 11.3 Å². The quantitative estimate of drug-likeness (QED) is 0.609. The number of rotatable bonds is 9. The van der Waals surface area contributed by atoms with Crippen LogP contribution in [0, 0.1) is 0 Å². The molecular weight excluding hydrogens is 430 g/mol. The van der Waals surface area contributed by atoms with Crippen molar-refractivity contribution in [1.82, 2.24) is 15.1 Å². The lowest BCUT2D eigenvalue weighted by Gasteiger charge is -2.35. The Labute approximate surface area is 203 Å². The van der Waals surface area contributed by atoms with Gasteiger partial charge >= 0.3 is 0 Å². The molecule has 4 rings (SSSR count). The van der Waals surface area contributed by atoms with Crippen molar-refractivity contribution in [3.8, 4) is 11.5 Å². The number of carbonyl (C=O) groups excluding carboxylic acids is 1. The molecule has 2 aliphatic heterocycles. The predicted molar refractivity (Wildman–Crippen MR) is 133 cm³/mol. The number of piperidine rings is 1. The lowest BCUT2D eigenvalue weighted by Crippen LogP contribution is -2.43. The van der Waals surface area contributed by atoms with Gasteiger partial charge in [-0.25, -0.2) is 0 Å². The first-order valence-corrected chi connectivity index (χ1v) is 12.3. The van der Waals surface area contributed by atoms with E-state index in [4.69, 9.17) is 14.2 Å². The van der Waals surface area contributed by atoms with Gasteiger partial charge in [0.1, 0.15) is 0 Å². The average Bonchev–Trinajstić information content (AvgIpc) is 2.90. The van der Waals surface area contributed by atoms with Crippen LogP contribution in [0.15, 0.2) is 42.5 Å². The number of methoxy groups -OCH3 is 2. The first-order chi connectivity index (χ1) is 16.7. The van der Waals surface area contributed by atoms with Gasteiger partial charge in [-0.3, -0.25) is 14.6 Å². The van der Waals surface area contributed by atoms with Crippen molar-refractivity contribution >= 4 is 5.91 Å². The zero-order valence-electron chi connectivity index (χ0n) is 20.4. The Bertz CT molecular complexity index is 922. The molecule has 0 radical (unpaired) electrons. The third-order valence-corrected chi connectivity index (χ3v) is 6.81. The lowest BCUT2D eigenvalue weighted by atomic mass is 10.0. The Morgan fingerprint density at radius 2 is 1.65 bits per heavy atom. The molecule has 2 fully saturated rings. The van der Waals surface area contributed by atoms with Gasteiger partial charge in [0.15, 0.2) is 11.5 Å². The minimum Gasteiger partial charge on any atom is -0.493 e. The minimum atomic E-state index is -0.0525. The van der Waals surface area contributed by atoms with Gasteiger partial charge in [0.25, 0.3) is 5.91 Å². The summed E-state index contributed by atoms with van der Waals surface area (Å²) in [6, 6.07) is 14.0. The number of amides is 1. The zero-order chi connectivity index (χ0) is 23.8. The number of morpholine rings is 1. The largest absolute Gasteiger partial charge is 0.493 e. The fourth-order valence-electron chi connectivity index (χ4n) is 4.84. The van der Waals surface area contributed by atoms with Gasteiger partial charge in [-0.2, -0.15) is 0 Å². The van der Waals surface area contributed by atoms with E-state index in [9.17, 15) is 4.79 Å². The molecule has 2 saturated heterocycles. The number of carbonyl (C=O) groups is 1. The molecule has 1 amide bonds. The van der Waals surface area contributed by atoms with E-state index in [0.29, 0.717) is 36.8 Å². The van der Waals surface area contributed by atoms with Crippen molar-refractivity contribution < 1.29 is 19.0 Å². The van der Waals surface area contributed by atoms with E-state index in [-0.39, 0.29) is 11.9 Å². The van der Waals surface area contributed by atoms with Crippen LogP contribution in [0.2, 0.25) is 0 Å². The molecule has 2 heterocycles. The van der Waals surface area contributed by atoms with Crippen molar-refractivity contribution in [2.24, 2.45) is 0 Å². The van der Waals surface area contributed by atoms with Crippen LogP contribution in [0.4, 0.5) is 0 Å². The molecule has 2 aromatic rings. The number of hydrogen-bond donors (Lipinski definition) is 1. The lowest BCUT2D eigenvalue weighted by molar-refractivity contribution is 0.0162. The second-order valence-corrected chi connectivity index (χ2v) is 9.02. The number of likely N-dealkylation sites (tertiary alicyclic amines) is 1. The van der Waals surface area contributed by atoms with E-state index in [0.717, 1.165) is 25.2 Å². The van der Waals surface area contributed by atoms with E-state index in [2.05, 4.69) is 27.2 Å². The van der Waals surface area contributed by atoms with E-state index in [1.807, 2.05) is 30.3 Å². The Morgan fingerprint density at radius 1 is 0.941 bits per heavy atom. The van der Waals surface area contributed by atoms with Crippen LogP contribution in [0.25, 0.3) is 0 Å². The van der Waals surface area contributed by atoms with Crippen molar-refractivity contribution in [2.45, 2.75) is 31.8 Å². The molecule has 0 aliphatic carbocycles. The number of nitrogens with zero attached hydrogens (tertiary/aromatic N) is 2. The SMILES string of the molecule is COc1ccc(C(CNC(=O)c2ccc(CN3CCCCC3)cc2)N2CCOCC2)cc1OC. The van der Waals surface area contributed by atoms with Crippen LogP contribution in [0.5, 0.6) is 11.5 Å². The molecule has 34 heavy (non-hydrogen) atoms. The maximum Gasteiger partial charge on any atom is 0.251 e. The average molecular weight is 468 g/mol. The standard InChI is InChI=1S/C27H37N3O4/c1-32-25-11-10-23(18-26(25)33-2)24(30-14-16-34-17-15-30)19-28-27(31)22-8-6-21(7-9-22)20-29-12-4-3-5-13-29/h6-11,18,24H,3-5,12-17,19-20H2,1-2H3,(H,28,31). The van der Waals surface area contributed by atoms with Crippen LogP contribution >= 0.6 is 0 Å². The Hall–Kier alpha value is -2.61. The maximum absolute atomic E-state index is 13.0. The third kappa shape index (κ3) is 6.29. The zero-order valence-corrected chi connectivity index (χ0v) is 20.4. The van der Waals surface area contributed by atoms with Crippen molar-refractivity contribution in [1.29, 1.82) is 0 Å². The predicted octanol–water partition coefficient (Wildman–Crippen LogP) is 3.49. The minimum absolute atomic E-state index is 0.0195. The van der Waals surface area contributed by atoms with E-state index in [1.165, 1.54) is 37.9 Å². The van der Waals surface area contributed by atoms with Gasteiger partial charge in [0.2, 0.25) is 0 Å². The molecule has 1 unspecified atom stereocenters. The monoisotopic (exact) mass is 467 g/mol. The highest BCUT2D eigenvalue weighted by atomic mass is 16.5. The fraction of sp³-hybridized carbons (Fsp3) is 0.519. The summed E-state index contributed by atoms with van der Waals surface area (Å²) in [6.45, 7) is 6.82. The summed E-state index contributed by atoms with van der Waals surface area (Å²) in [7, 11) is 3.27. The molecule has 2 aromatic carbocycles. The normalized spacial score (nSPS) is 18.3. The van der Waals surface area contributed by atoms with E-state index >= 15 is 0 Å². The second kappa shape index (κ2) is 12.2. The Morgan fingerprint density at radius 3 is 2.32 bits per heavy atom. The first-order valence-electron chi connectivity index (χ1n) is 12.3. The van der Waals surface area contributed by atoms with Gasteiger partial charge in [0.05, 0.1) is 33.5 Å². The molecule has 0 bridgehead atoms. The van der Waals surface area contributed by atoms with Crippen molar-refractivity contribution in [2.75, 3.05) is 60.2 Å². The second-order valence-electron chi connectivity index (χ2n) is 9.02. The van der Waals surface area contributed by atoms with Crippen LogP contribution in [-0.4, -0.2) is 75.9 Å². The smallest absolute Gasteiger partial charge is 0.251 e. The number of ether oxygens (including phenoxy) is 3. The summed E-state index contributed by atoms with van der Waals surface area (Å²) in [6.07, 6.45) is 3.90. The van der Waals surface area contributed by atoms with Crippen LogP contribution < -0.4 is 14.8 Å². The molecule has 7 nitrogen and oxygen atoms in total. The molecule has 7 heteroatoms. The molecule has 1 atom stereocenters. The van der Waals surface area contributed by atoms with E-state index in [1.54, 1.807) is 14.2 Å². The highest BCUT2D eigenvalue weighted by molar-refractivity contribution is 5.94. The summed E-state index contributed by atoms with van der Waals surface area (Å²) < 4.78 is 16.5. The highest BCUT2D eigenvalue weighted by Gasteiger charge is 2.24. The fourth-order valence-corrected chi connectivity index (χ4v) is 4.84. The topological polar surface area (TPSA) is 63.3 Å². The third-order valence-electron chi connectivity index (χ3n) is 6.81. The number of benzene rings is 2. The number of nitrogens with one attached hydrogen (secondary N) is 1. The summed E-state index contributed by atoms with van der Waals surface area (Å²) in [4.78, 5) is 17.8. The molecule has 0 saturated carbocycles. The first kappa shape index (κ1) is 24.5. The summed E-state index contributed by atoms with van der Waals surface area (Å²) in [5.41, 5.74) is 3.03. The highest BCUT2D eigenvalue weighted by Crippen LogP contribution is 2.32. The molecule has 0 aromatic heterocycles. The van der Waals surface area contributed by atoms with Gasteiger partial charge in [-0.1, -0.05) is 24.6 Å². The van der Waals surface area contributed by atoms with Crippen molar-refractivity contribution in [3.63, 3.8) is 0 Å². The molecule has 1 N–H and O–H groups in total. The maximum atomic E-state index is 13.0. The molecule has 184 valence electrons. The summed E-state index contributed by atoms with van der Waals surface area (Å²) >= 11 is 0.